The number of ketones is 1. The molecule has 3 heteroatoms. The smallest absolute Gasteiger partial charge is 0.129 e. The summed E-state index contributed by atoms with van der Waals surface area (Å²) in [6.45, 7) is 7.48. The highest BCUT2D eigenvalue weighted by atomic mass is 32.2. The number of hydrogen-bond acceptors (Lipinski definition) is 3. The maximum Gasteiger partial charge on any atom is 0.129 e. The molecule has 0 aliphatic carbocycles. The fraction of sp³-hybridized carbons (Fsp3) is 0.909. The van der Waals surface area contributed by atoms with Crippen LogP contribution in [-0.2, 0) is 4.79 Å². The molecule has 0 N–H and O–H groups in total. The molecule has 1 fully saturated rings. The lowest BCUT2D eigenvalue weighted by atomic mass is 10.2. The highest BCUT2D eigenvalue weighted by Gasteiger charge is 2.18. The molecule has 1 aliphatic heterocycles. The van der Waals surface area contributed by atoms with Crippen LogP contribution in [0.2, 0.25) is 0 Å². The molecule has 1 saturated heterocycles. The number of rotatable bonds is 5. The van der Waals surface area contributed by atoms with Crippen LogP contribution in [0.25, 0.3) is 0 Å². The van der Waals surface area contributed by atoms with E-state index in [4.69, 9.17) is 0 Å². The number of carbonyl (C=O) groups excluding carboxylic acids is 1. The number of hydrogen-bond donors (Lipinski definition) is 0. The maximum atomic E-state index is 10.8. The summed E-state index contributed by atoms with van der Waals surface area (Å²) in [5.74, 6) is 1.59. The molecule has 0 amide bonds. The molecule has 0 spiro atoms. The summed E-state index contributed by atoms with van der Waals surface area (Å²) in [6.07, 6.45) is 3.06. The van der Waals surface area contributed by atoms with Crippen molar-refractivity contribution >= 4 is 17.5 Å². The van der Waals surface area contributed by atoms with Gasteiger partial charge in [0.05, 0.1) is 0 Å². The van der Waals surface area contributed by atoms with E-state index >= 15 is 0 Å². The molecule has 1 aliphatic rings. The normalized spacial score (nSPS) is 23.7. The van der Waals surface area contributed by atoms with Gasteiger partial charge in [0.25, 0.3) is 0 Å². The molecule has 0 radical (unpaired) electrons. The molecular weight excluding hydrogens is 194 g/mol. The summed E-state index contributed by atoms with van der Waals surface area (Å²) >= 11 is 2.10. The van der Waals surface area contributed by atoms with Gasteiger partial charge in [0.2, 0.25) is 0 Å². The zero-order valence-corrected chi connectivity index (χ0v) is 10.1. The van der Waals surface area contributed by atoms with Gasteiger partial charge < -0.3 is 9.69 Å². The van der Waals surface area contributed by atoms with Crippen molar-refractivity contribution in [2.45, 2.75) is 38.4 Å². The summed E-state index contributed by atoms with van der Waals surface area (Å²) in [5, 5.41) is 0.820. The molecule has 14 heavy (non-hydrogen) atoms. The van der Waals surface area contributed by atoms with E-state index in [1.54, 1.807) is 6.92 Å². The van der Waals surface area contributed by atoms with Gasteiger partial charge in [0, 0.05) is 30.5 Å². The van der Waals surface area contributed by atoms with Crippen LogP contribution in [0, 0.1) is 0 Å². The molecule has 82 valence electrons. The molecule has 1 rings (SSSR count). The van der Waals surface area contributed by atoms with E-state index in [2.05, 4.69) is 23.6 Å². The molecule has 2 nitrogen and oxygen atoms in total. The van der Waals surface area contributed by atoms with E-state index in [1.807, 2.05) is 0 Å². The largest absolute Gasteiger partial charge is 0.301 e. The second-order valence-corrected chi connectivity index (χ2v) is 5.42. The highest BCUT2D eigenvalue weighted by Crippen LogP contribution is 2.21. The van der Waals surface area contributed by atoms with E-state index in [9.17, 15) is 4.79 Å². The fourth-order valence-electron chi connectivity index (χ4n) is 1.78. The minimum Gasteiger partial charge on any atom is -0.301 e. The van der Waals surface area contributed by atoms with E-state index in [0.717, 1.165) is 24.6 Å². The van der Waals surface area contributed by atoms with Crippen molar-refractivity contribution in [3.8, 4) is 0 Å². The fourth-order valence-corrected chi connectivity index (χ4v) is 3.03. The Balaban J connectivity index is 2.14. The molecule has 1 atom stereocenters. The summed E-state index contributed by atoms with van der Waals surface area (Å²) < 4.78 is 0. The van der Waals surface area contributed by atoms with Gasteiger partial charge in [0.1, 0.15) is 5.78 Å². The van der Waals surface area contributed by atoms with Crippen LogP contribution in [-0.4, -0.2) is 41.3 Å². The monoisotopic (exact) mass is 215 g/mol. The van der Waals surface area contributed by atoms with Crippen molar-refractivity contribution in [2.75, 3.05) is 25.4 Å². The van der Waals surface area contributed by atoms with Crippen LogP contribution in [0.3, 0.4) is 0 Å². The summed E-state index contributed by atoms with van der Waals surface area (Å²) in [5.41, 5.74) is 0. The lowest BCUT2D eigenvalue weighted by Crippen LogP contribution is -2.38. The van der Waals surface area contributed by atoms with Crippen molar-refractivity contribution in [2.24, 2.45) is 0 Å². The average Bonchev–Trinajstić information content (AvgIpc) is 2.18. The average molecular weight is 215 g/mol. The Morgan fingerprint density at radius 2 is 2.36 bits per heavy atom. The van der Waals surface area contributed by atoms with Crippen molar-refractivity contribution in [1.82, 2.24) is 4.90 Å². The Morgan fingerprint density at radius 3 is 3.00 bits per heavy atom. The summed E-state index contributed by atoms with van der Waals surface area (Å²) in [6, 6.07) is 0. The van der Waals surface area contributed by atoms with Crippen molar-refractivity contribution in [1.29, 1.82) is 0 Å². The van der Waals surface area contributed by atoms with Gasteiger partial charge in [-0.15, -0.1) is 0 Å². The van der Waals surface area contributed by atoms with Crippen molar-refractivity contribution < 1.29 is 4.79 Å². The summed E-state index contributed by atoms with van der Waals surface area (Å²) in [7, 11) is 0. The van der Waals surface area contributed by atoms with Gasteiger partial charge in [-0.25, -0.2) is 0 Å². The zero-order chi connectivity index (χ0) is 10.4. The number of Topliss-reactive ketones (excluding diaryl/α,β-unsaturated/α-hetero) is 1. The lowest BCUT2D eigenvalue weighted by molar-refractivity contribution is -0.117. The predicted molar refractivity (Wildman–Crippen MR) is 62.9 cm³/mol. The minimum absolute atomic E-state index is 0.323. The molecule has 0 bridgehead atoms. The molecule has 0 aromatic carbocycles. The summed E-state index contributed by atoms with van der Waals surface area (Å²) in [4.78, 5) is 13.3. The number of thioether (sulfide) groups is 1. The Labute approximate surface area is 91.4 Å². The second-order valence-electron chi connectivity index (χ2n) is 4.01. The SMILES string of the molecule is CCC1CN(CCCC(C)=O)CCS1. The van der Waals surface area contributed by atoms with E-state index in [0.29, 0.717) is 5.78 Å². The standard InChI is InChI=1S/C11H21NOS/c1-3-11-9-12(7-8-14-11)6-4-5-10(2)13/h11H,3-9H2,1-2H3. The first-order valence-electron chi connectivity index (χ1n) is 5.55. The van der Waals surface area contributed by atoms with Gasteiger partial charge >= 0.3 is 0 Å². The Morgan fingerprint density at radius 1 is 1.57 bits per heavy atom. The Hall–Kier alpha value is -0.0200. The molecule has 0 aromatic rings. The zero-order valence-electron chi connectivity index (χ0n) is 9.29. The van der Waals surface area contributed by atoms with Crippen molar-refractivity contribution in [3.05, 3.63) is 0 Å². The van der Waals surface area contributed by atoms with Crippen LogP contribution in [0.1, 0.15) is 33.1 Å². The van der Waals surface area contributed by atoms with Crippen LogP contribution in [0.4, 0.5) is 0 Å². The first-order chi connectivity index (χ1) is 6.72. The van der Waals surface area contributed by atoms with Gasteiger partial charge in [-0.05, 0) is 26.3 Å². The third-order valence-electron chi connectivity index (χ3n) is 2.68. The van der Waals surface area contributed by atoms with Crippen LogP contribution < -0.4 is 0 Å². The van der Waals surface area contributed by atoms with Crippen molar-refractivity contribution in [3.63, 3.8) is 0 Å². The molecule has 1 heterocycles. The van der Waals surface area contributed by atoms with E-state index in [1.165, 1.54) is 25.3 Å². The number of nitrogens with zero attached hydrogens (tertiary/aromatic N) is 1. The van der Waals surface area contributed by atoms with Gasteiger partial charge in [-0.3, -0.25) is 0 Å². The van der Waals surface area contributed by atoms with Gasteiger partial charge in [-0.2, -0.15) is 11.8 Å². The topological polar surface area (TPSA) is 20.3 Å². The third kappa shape index (κ3) is 4.47. The molecule has 0 saturated carbocycles. The maximum absolute atomic E-state index is 10.8. The molecule has 0 aromatic heterocycles. The second kappa shape index (κ2) is 6.46. The lowest BCUT2D eigenvalue weighted by Gasteiger charge is -2.31. The highest BCUT2D eigenvalue weighted by molar-refractivity contribution is 8.00. The first-order valence-corrected chi connectivity index (χ1v) is 6.60. The Kier molecular flexibility index (Phi) is 5.56. The first kappa shape index (κ1) is 12.1. The van der Waals surface area contributed by atoms with E-state index < -0.39 is 0 Å². The Bertz CT molecular complexity index is 184. The third-order valence-corrected chi connectivity index (χ3v) is 4.05. The minimum atomic E-state index is 0.323. The molecule has 1 unspecified atom stereocenters. The van der Waals surface area contributed by atoms with Crippen LogP contribution >= 0.6 is 11.8 Å². The number of carbonyl (C=O) groups is 1. The van der Waals surface area contributed by atoms with E-state index in [-0.39, 0.29) is 0 Å². The van der Waals surface area contributed by atoms with Gasteiger partial charge in [-0.1, -0.05) is 6.92 Å². The van der Waals surface area contributed by atoms with Crippen LogP contribution in [0.15, 0.2) is 0 Å². The molecular formula is C11H21NOS. The van der Waals surface area contributed by atoms with Gasteiger partial charge in [0.15, 0.2) is 0 Å². The predicted octanol–water partition coefficient (Wildman–Crippen LogP) is 2.18. The quantitative estimate of drug-likeness (QED) is 0.701. The van der Waals surface area contributed by atoms with Crippen LogP contribution in [0.5, 0.6) is 0 Å².